The Morgan fingerprint density at radius 2 is 1.79 bits per heavy atom. The van der Waals surface area contributed by atoms with Crippen LogP contribution in [0.4, 0.5) is 15.6 Å². The minimum absolute atomic E-state index is 0.0213. The average molecular weight is 434 g/mol. The highest BCUT2D eigenvalue weighted by atomic mass is 32.2. The van der Waals surface area contributed by atoms with Gasteiger partial charge in [0.05, 0.1) is 17.8 Å². The molecule has 0 radical (unpaired) electrons. The van der Waals surface area contributed by atoms with Gasteiger partial charge in [-0.05, 0) is 18.4 Å². The molecule has 1 fully saturated rings. The van der Waals surface area contributed by atoms with Gasteiger partial charge in [0.15, 0.2) is 5.13 Å². The number of carbonyl (C=O) groups excluding carboxylic acids is 3. The van der Waals surface area contributed by atoms with Gasteiger partial charge in [-0.1, -0.05) is 12.1 Å². The van der Waals surface area contributed by atoms with Gasteiger partial charge in [0.1, 0.15) is 0 Å². The zero-order valence-corrected chi connectivity index (χ0v) is 17.9. The highest BCUT2D eigenvalue weighted by molar-refractivity contribution is 7.98. The Bertz CT molecular complexity index is 893. The van der Waals surface area contributed by atoms with Crippen LogP contribution in [0.3, 0.4) is 0 Å². The molecule has 1 aromatic heterocycles. The second-order valence-electron chi connectivity index (χ2n) is 6.49. The van der Waals surface area contributed by atoms with Crippen molar-refractivity contribution in [3.8, 4) is 0 Å². The molecule has 2 heterocycles. The molecular weight excluding hydrogens is 410 g/mol. The lowest BCUT2D eigenvalue weighted by atomic mass is 10.3. The Morgan fingerprint density at radius 3 is 2.48 bits per heavy atom. The van der Waals surface area contributed by atoms with E-state index in [-0.39, 0.29) is 24.3 Å². The third-order valence-electron chi connectivity index (χ3n) is 4.50. The van der Waals surface area contributed by atoms with Crippen molar-refractivity contribution >= 4 is 51.8 Å². The number of anilines is 2. The van der Waals surface area contributed by atoms with Gasteiger partial charge in [0.25, 0.3) is 0 Å². The number of para-hydroxylation sites is 1. The lowest BCUT2D eigenvalue weighted by Crippen LogP contribution is -2.51. The van der Waals surface area contributed by atoms with Crippen molar-refractivity contribution in [1.29, 1.82) is 0 Å². The molecule has 0 atom stereocenters. The number of aromatic nitrogens is 1. The van der Waals surface area contributed by atoms with Gasteiger partial charge in [-0.3, -0.25) is 14.9 Å². The minimum Gasteiger partial charge on any atom is -0.339 e. The number of nitrogens with zero attached hydrogens (tertiary/aromatic N) is 3. The number of carbonyl (C=O) groups is 3. The molecule has 0 aliphatic carbocycles. The standard InChI is InChI=1S/C19H23N5O3S2/c1-13(25)23-7-9-24(10-8-23)19(27)22-18-20-14(12-29-18)11-17(26)21-15-5-3-4-6-16(15)28-2/h3-6,12H,7-11H2,1-2H3,(H,21,26)(H,20,22,27). The van der Waals surface area contributed by atoms with Gasteiger partial charge < -0.3 is 15.1 Å². The minimum atomic E-state index is -0.243. The second-order valence-corrected chi connectivity index (χ2v) is 8.20. The monoisotopic (exact) mass is 433 g/mol. The number of urea groups is 1. The molecule has 2 aromatic rings. The highest BCUT2D eigenvalue weighted by Gasteiger charge is 2.23. The third kappa shape index (κ3) is 5.70. The Hall–Kier alpha value is -2.59. The summed E-state index contributed by atoms with van der Waals surface area (Å²) in [5.41, 5.74) is 1.38. The van der Waals surface area contributed by atoms with Crippen molar-refractivity contribution in [1.82, 2.24) is 14.8 Å². The molecule has 3 rings (SSSR count). The Kier molecular flexibility index (Phi) is 7.10. The number of nitrogens with one attached hydrogen (secondary N) is 2. The molecule has 29 heavy (non-hydrogen) atoms. The van der Waals surface area contributed by atoms with E-state index < -0.39 is 0 Å². The largest absolute Gasteiger partial charge is 0.339 e. The van der Waals surface area contributed by atoms with Crippen LogP contribution in [0, 0.1) is 0 Å². The van der Waals surface area contributed by atoms with Crippen molar-refractivity contribution in [2.24, 2.45) is 0 Å². The smallest absolute Gasteiger partial charge is 0.323 e. The number of thiazole rings is 1. The summed E-state index contributed by atoms with van der Waals surface area (Å²) >= 11 is 2.85. The van der Waals surface area contributed by atoms with E-state index in [1.165, 1.54) is 18.3 Å². The van der Waals surface area contributed by atoms with Crippen LogP contribution in [0.1, 0.15) is 12.6 Å². The summed E-state index contributed by atoms with van der Waals surface area (Å²) in [6.07, 6.45) is 2.09. The molecule has 0 bridgehead atoms. The van der Waals surface area contributed by atoms with Gasteiger partial charge in [-0.2, -0.15) is 0 Å². The van der Waals surface area contributed by atoms with Gasteiger partial charge in [0, 0.05) is 43.4 Å². The van der Waals surface area contributed by atoms with E-state index in [1.807, 2.05) is 30.5 Å². The van der Waals surface area contributed by atoms with Crippen LogP contribution in [0.25, 0.3) is 0 Å². The van der Waals surface area contributed by atoms with Crippen LogP contribution in [-0.4, -0.2) is 65.1 Å². The summed E-state index contributed by atoms with van der Waals surface area (Å²) in [5, 5.41) is 7.90. The van der Waals surface area contributed by atoms with E-state index in [0.29, 0.717) is 37.0 Å². The number of thioether (sulfide) groups is 1. The predicted molar refractivity (Wildman–Crippen MR) is 116 cm³/mol. The van der Waals surface area contributed by atoms with E-state index in [0.717, 1.165) is 10.6 Å². The van der Waals surface area contributed by atoms with Crippen molar-refractivity contribution in [2.75, 3.05) is 43.1 Å². The van der Waals surface area contributed by atoms with Crippen LogP contribution in [0.2, 0.25) is 0 Å². The molecule has 8 nitrogen and oxygen atoms in total. The van der Waals surface area contributed by atoms with Crippen LogP contribution in [0.15, 0.2) is 34.5 Å². The van der Waals surface area contributed by atoms with Crippen LogP contribution < -0.4 is 10.6 Å². The average Bonchev–Trinajstić information content (AvgIpc) is 3.14. The molecule has 2 N–H and O–H groups in total. The second kappa shape index (κ2) is 9.75. The molecule has 10 heteroatoms. The molecule has 4 amide bonds. The fourth-order valence-corrected chi connectivity index (χ4v) is 4.20. The Balaban J connectivity index is 1.51. The first-order valence-electron chi connectivity index (χ1n) is 9.15. The van der Waals surface area contributed by atoms with Gasteiger partial charge in [0.2, 0.25) is 11.8 Å². The third-order valence-corrected chi connectivity index (χ3v) is 6.10. The van der Waals surface area contributed by atoms with E-state index >= 15 is 0 Å². The van der Waals surface area contributed by atoms with Crippen LogP contribution in [-0.2, 0) is 16.0 Å². The summed E-state index contributed by atoms with van der Waals surface area (Å²) in [7, 11) is 0. The zero-order valence-electron chi connectivity index (χ0n) is 16.3. The quantitative estimate of drug-likeness (QED) is 0.707. The zero-order chi connectivity index (χ0) is 20.8. The van der Waals surface area contributed by atoms with E-state index in [4.69, 9.17) is 0 Å². The maximum Gasteiger partial charge on any atom is 0.323 e. The number of hydrogen-bond acceptors (Lipinski definition) is 6. The maximum atomic E-state index is 12.4. The van der Waals surface area contributed by atoms with Crippen molar-refractivity contribution in [3.63, 3.8) is 0 Å². The molecular formula is C19H23N5O3S2. The van der Waals surface area contributed by atoms with Crippen LogP contribution in [0.5, 0.6) is 0 Å². The lowest BCUT2D eigenvalue weighted by molar-refractivity contribution is -0.130. The molecule has 1 aromatic carbocycles. The Morgan fingerprint density at radius 1 is 1.10 bits per heavy atom. The van der Waals surface area contributed by atoms with Gasteiger partial charge in [-0.25, -0.2) is 9.78 Å². The molecule has 0 saturated carbocycles. The summed E-state index contributed by atoms with van der Waals surface area (Å²) in [4.78, 5) is 44.8. The lowest BCUT2D eigenvalue weighted by Gasteiger charge is -2.33. The molecule has 1 saturated heterocycles. The number of amides is 4. The first kappa shape index (κ1) is 21.1. The molecule has 1 aliphatic rings. The normalized spacial score (nSPS) is 13.9. The van der Waals surface area contributed by atoms with E-state index in [2.05, 4.69) is 15.6 Å². The number of rotatable bonds is 5. The van der Waals surface area contributed by atoms with Crippen LogP contribution >= 0.6 is 23.1 Å². The maximum absolute atomic E-state index is 12.4. The molecule has 0 unspecified atom stereocenters. The van der Waals surface area contributed by atoms with Crippen molar-refractivity contribution < 1.29 is 14.4 Å². The highest BCUT2D eigenvalue weighted by Crippen LogP contribution is 2.25. The summed E-state index contributed by atoms with van der Waals surface area (Å²) in [6, 6.07) is 7.38. The number of hydrogen-bond donors (Lipinski definition) is 2. The van der Waals surface area contributed by atoms with Crippen molar-refractivity contribution in [3.05, 3.63) is 35.3 Å². The fraction of sp³-hybridized carbons (Fsp3) is 0.368. The van der Waals surface area contributed by atoms with E-state index in [1.54, 1.807) is 26.9 Å². The molecule has 154 valence electrons. The summed E-state index contributed by atoms with van der Waals surface area (Å²) in [5.74, 6) is -0.136. The van der Waals surface area contributed by atoms with Gasteiger partial charge >= 0.3 is 6.03 Å². The predicted octanol–water partition coefficient (Wildman–Crippen LogP) is 2.74. The number of piperazine rings is 1. The number of benzene rings is 1. The van der Waals surface area contributed by atoms with E-state index in [9.17, 15) is 14.4 Å². The molecule has 1 aliphatic heterocycles. The Labute approximate surface area is 177 Å². The molecule has 0 spiro atoms. The van der Waals surface area contributed by atoms with Crippen molar-refractivity contribution in [2.45, 2.75) is 18.2 Å². The first-order valence-corrected chi connectivity index (χ1v) is 11.3. The first-order chi connectivity index (χ1) is 14.0. The SMILES string of the molecule is CSc1ccccc1NC(=O)Cc1csc(NC(=O)N2CCN(C(C)=O)CC2)n1. The fourth-order valence-electron chi connectivity index (χ4n) is 2.95. The topological polar surface area (TPSA) is 94.6 Å². The summed E-state index contributed by atoms with van der Waals surface area (Å²) in [6.45, 7) is 3.57. The van der Waals surface area contributed by atoms with Gasteiger partial charge in [-0.15, -0.1) is 23.1 Å². The summed E-state index contributed by atoms with van der Waals surface area (Å²) < 4.78 is 0.